The van der Waals surface area contributed by atoms with Gasteiger partial charge in [-0.15, -0.1) is 0 Å². The third kappa shape index (κ3) is 19.7. The van der Waals surface area contributed by atoms with Crippen LogP contribution in [0.2, 0.25) is 0 Å². The van der Waals surface area contributed by atoms with Crippen molar-refractivity contribution in [2.24, 2.45) is 0 Å². The maximum atomic E-state index is 0. The summed E-state index contributed by atoms with van der Waals surface area (Å²) < 4.78 is 0. The van der Waals surface area contributed by atoms with Crippen LogP contribution in [0.4, 0.5) is 0 Å². The van der Waals surface area contributed by atoms with Crippen molar-refractivity contribution in [2.45, 2.75) is 0 Å². The second kappa shape index (κ2) is 28.5. The van der Waals surface area contributed by atoms with Crippen molar-refractivity contribution < 1.29 is 97.1 Å². The van der Waals surface area contributed by atoms with Gasteiger partial charge in [0.2, 0.25) is 0 Å². The van der Waals surface area contributed by atoms with Crippen molar-refractivity contribution in [3.8, 4) is 0 Å². The van der Waals surface area contributed by atoms with E-state index in [9.17, 15) is 0 Å². The summed E-state index contributed by atoms with van der Waals surface area (Å²) in [5, 5.41) is 0. The van der Waals surface area contributed by atoms with Crippen molar-refractivity contribution in [3.05, 3.63) is 0 Å². The van der Waals surface area contributed by atoms with E-state index >= 15 is 0 Å². The maximum Gasteiger partial charge on any atom is 4.00 e. The predicted molar refractivity (Wildman–Crippen MR) is 0 cm³/mol. The van der Waals surface area contributed by atoms with Gasteiger partial charge in [-0.05, 0) is 0 Å². The summed E-state index contributed by atoms with van der Waals surface area (Å²) in [5.74, 6) is 0. The molecule has 0 aromatic rings. The van der Waals surface area contributed by atoms with Crippen LogP contribution < -0.4 is 67.9 Å². The van der Waals surface area contributed by atoms with E-state index in [-0.39, 0.29) is 97.1 Å². The van der Waals surface area contributed by atoms with Crippen molar-refractivity contribution in [1.29, 1.82) is 0 Å². The summed E-state index contributed by atoms with van der Waals surface area (Å²) in [6, 6.07) is 0. The van der Waals surface area contributed by atoms with E-state index in [0.717, 1.165) is 0 Å². The third-order valence-corrected chi connectivity index (χ3v) is 0. The Kier molecular flexibility index (Phi) is 255. The number of rotatable bonds is 0. The molecule has 34 valence electrons. The zero-order valence-corrected chi connectivity index (χ0v) is 11.7. The van der Waals surface area contributed by atoms with Gasteiger partial charge < -0.3 is 67.9 Å². The zero-order chi connectivity index (χ0) is 0. The molecular weight excluding hydrogens is 564 g/mol. The average molecular weight is 564 g/mol. The van der Waals surface area contributed by atoms with Gasteiger partial charge in [-0.25, -0.2) is 0 Å². The molecule has 0 nitrogen and oxygen atoms in total. The predicted octanol–water partition coefficient (Wildman–Crippen LogP) is -12.0. The largest absolute Gasteiger partial charge is 4.00 e. The van der Waals surface area contributed by atoms with E-state index in [2.05, 4.69) is 0 Å². The minimum absolute atomic E-state index is 0. The quantitative estimate of drug-likeness (QED) is 0.275. The Balaban J connectivity index is 0. The van der Waals surface area contributed by atoms with Crippen LogP contribution in [0.3, 0.4) is 0 Å². The van der Waals surface area contributed by atoms with Crippen LogP contribution in [0.5, 0.6) is 0 Å². The van der Waals surface area contributed by atoms with Gasteiger partial charge in [0, 0.05) is 0 Å². The van der Waals surface area contributed by atoms with E-state index in [1.165, 1.54) is 0 Å². The molecular formula is Br4Pu. The topological polar surface area (TPSA) is 0 Å². The monoisotopic (exact) mass is 554 g/mol. The summed E-state index contributed by atoms with van der Waals surface area (Å²) in [6.45, 7) is 0. The Bertz CT molecular complexity index is 3.61. The van der Waals surface area contributed by atoms with Crippen LogP contribution >= 0.6 is 0 Å². The standard InChI is InChI=1S/4BrH.Pu/h4*1H;/q;;;;+4/p-4. The molecule has 0 heterocycles. The average Bonchev–Trinajstić information content (AvgIpc) is 0. The zero-order valence-electron chi connectivity index (χ0n) is 1.92. The number of hydrogen-bond acceptors (Lipinski definition) is 0. The smallest absolute Gasteiger partial charge is 1.00 e. The first-order chi connectivity index (χ1) is 0. The molecule has 0 N–H and O–H groups in total. The Morgan fingerprint density at radius 3 is 0.400 bits per heavy atom. The molecule has 0 atom stereocenters. The molecule has 0 amide bonds. The van der Waals surface area contributed by atoms with Gasteiger partial charge in [0.25, 0.3) is 0 Å². The molecule has 0 spiro atoms. The first-order valence-electron chi connectivity index (χ1n) is 0. The Morgan fingerprint density at radius 2 is 0.400 bits per heavy atom. The summed E-state index contributed by atoms with van der Waals surface area (Å²) in [7, 11) is 0. The van der Waals surface area contributed by atoms with Crippen LogP contribution in [0, 0.1) is 29.2 Å². The molecule has 0 radical (unpaired) electrons. The first-order valence-corrected chi connectivity index (χ1v) is 0. The van der Waals surface area contributed by atoms with E-state index in [1.807, 2.05) is 0 Å². The Morgan fingerprint density at radius 1 is 0.400 bits per heavy atom. The van der Waals surface area contributed by atoms with Crippen molar-refractivity contribution >= 4 is 0 Å². The van der Waals surface area contributed by atoms with Gasteiger partial charge in [-0.1, -0.05) is 0 Å². The summed E-state index contributed by atoms with van der Waals surface area (Å²) in [4.78, 5) is 0. The molecule has 0 saturated carbocycles. The molecule has 0 rings (SSSR count). The SMILES string of the molecule is [Br-].[Br-].[Br-].[Br-].[Pu+4]. The Hall–Kier alpha value is 2.91. The van der Waals surface area contributed by atoms with Crippen molar-refractivity contribution in [1.82, 2.24) is 0 Å². The molecule has 0 aromatic carbocycles. The van der Waals surface area contributed by atoms with Crippen molar-refractivity contribution in [3.63, 3.8) is 0 Å². The second-order valence-corrected chi connectivity index (χ2v) is 0. The second-order valence-electron chi connectivity index (χ2n) is 0. The van der Waals surface area contributed by atoms with Gasteiger partial charge in [0.05, 0.1) is 0 Å². The third-order valence-electron chi connectivity index (χ3n) is 0. The minimum Gasteiger partial charge on any atom is -1.00 e. The molecule has 0 bridgehead atoms. The summed E-state index contributed by atoms with van der Waals surface area (Å²) in [5.41, 5.74) is 0. The first kappa shape index (κ1) is 44.6. The maximum absolute atomic E-state index is 0. The summed E-state index contributed by atoms with van der Waals surface area (Å²) in [6.07, 6.45) is 0. The Labute approximate surface area is 95.5 Å². The van der Waals surface area contributed by atoms with E-state index in [0.29, 0.717) is 0 Å². The van der Waals surface area contributed by atoms with E-state index in [1.54, 1.807) is 0 Å². The van der Waals surface area contributed by atoms with E-state index < -0.39 is 0 Å². The fourth-order valence-corrected chi connectivity index (χ4v) is 0. The van der Waals surface area contributed by atoms with Gasteiger partial charge in [-0.2, -0.15) is 0 Å². The van der Waals surface area contributed by atoms with Gasteiger partial charge >= 0.3 is 29.2 Å². The molecule has 5 heteroatoms. The number of hydrogen-bond donors (Lipinski definition) is 0. The van der Waals surface area contributed by atoms with Crippen LogP contribution in [0.1, 0.15) is 0 Å². The molecule has 0 aliphatic rings. The molecule has 0 aliphatic carbocycles. The van der Waals surface area contributed by atoms with Crippen LogP contribution in [0.15, 0.2) is 0 Å². The molecule has 0 fully saturated rings. The molecule has 0 saturated heterocycles. The fourth-order valence-electron chi connectivity index (χ4n) is 0. The van der Waals surface area contributed by atoms with Gasteiger partial charge in [0.1, 0.15) is 0 Å². The minimum atomic E-state index is 0. The van der Waals surface area contributed by atoms with Crippen LogP contribution in [-0.2, 0) is 0 Å². The van der Waals surface area contributed by atoms with Crippen LogP contribution in [0.25, 0.3) is 0 Å². The fraction of sp³-hybridized carbons (Fsp3) is 0. The van der Waals surface area contributed by atoms with Gasteiger partial charge in [0.15, 0.2) is 0 Å². The molecule has 0 unspecified atom stereocenters. The van der Waals surface area contributed by atoms with Crippen LogP contribution in [-0.4, -0.2) is 0 Å². The normalized spacial score (nSPS) is 0. The molecule has 5 heavy (non-hydrogen) atoms. The van der Waals surface area contributed by atoms with E-state index in [4.69, 9.17) is 0 Å². The molecule has 0 aromatic heterocycles. The number of halogens is 4. The van der Waals surface area contributed by atoms with Crippen molar-refractivity contribution in [2.75, 3.05) is 0 Å². The summed E-state index contributed by atoms with van der Waals surface area (Å²) >= 11 is 0. The molecule has 0 aliphatic heterocycles. The van der Waals surface area contributed by atoms with Gasteiger partial charge in [-0.3, -0.25) is 0 Å².